The molecule has 0 bridgehead atoms. The van der Waals surface area contributed by atoms with Gasteiger partial charge in [0.15, 0.2) is 0 Å². The molecule has 0 unspecified atom stereocenters. The molecule has 22 heavy (non-hydrogen) atoms. The molecule has 0 saturated carbocycles. The molecule has 3 nitrogen and oxygen atoms in total. The van der Waals surface area contributed by atoms with Crippen molar-refractivity contribution < 1.29 is 13.9 Å². The zero-order chi connectivity index (χ0) is 15.9. The maximum absolute atomic E-state index is 12.9. The smallest absolute Gasteiger partial charge is 0.227 e. The highest BCUT2D eigenvalue weighted by Gasteiger charge is 2.10. The lowest BCUT2D eigenvalue weighted by atomic mass is 10.1. The summed E-state index contributed by atoms with van der Waals surface area (Å²) >= 11 is 0. The molecule has 116 valence electrons. The van der Waals surface area contributed by atoms with Crippen molar-refractivity contribution in [1.29, 1.82) is 0 Å². The minimum Gasteiger partial charge on any atom is -0.494 e. The Morgan fingerprint density at radius 2 is 1.64 bits per heavy atom. The summed E-state index contributed by atoms with van der Waals surface area (Å²) in [4.78, 5) is 13.9. The van der Waals surface area contributed by atoms with E-state index in [1.807, 2.05) is 31.2 Å². The molecular weight excluding hydrogens is 281 g/mol. The third-order valence-electron chi connectivity index (χ3n) is 3.35. The molecule has 0 atom stereocenters. The molecule has 0 spiro atoms. The molecule has 0 radical (unpaired) electrons. The maximum Gasteiger partial charge on any atom is 0.227 e. The van der Waals surface area contributed by atoms with E-state index in [4.69, 9.17) is 4.74 Å². The molecule has 2 rings (SSSR count). The van der Waals surface area contributed by atoms with Crippen molar-refractivity contribution in [2.24, 2.45) is 0 Å². The largest absolute Gasteiger partial charge is 0.494 e. The first-order chi connectivity index (χ1) is 10.6. The van der Waals surface area contributed by atoms with Crippen LogP contribution in [0, 0.1) is 5.82 Å². The summed E-state index contributed by atoms with van der Waals surface area (Å²) in [6.45, 7) is 3.02. The van der Waals surface area contributed by atoms with Crippen LogP contribution in [-0.2, 0) is 17.8 Å². The van der Waals surface area contributed by atoms with Crippen LogP contribution in [0.3, 0.4) is 0 Å². The Bertz CT molecular complexity index is 608. The number of benzene rings is 2. The monoisotopic (exact) mass is 301 g/mol. The summed E-state index contributed by atoms with van der Waals surface area (Å²) < 4.78 is 18.2. The zero-order valence-electron chi connectivity index (χ0n) is 12.9. The lowest BCUT2D eigenvalue weighted by molar-refractivity contribution is -0.129. The second-order valence-corrected chi connectivity index (χ2v) is 5.13. The van der Waals surface area contributed by atoms with Crippen LogP contribution in [0.1, 0.15) is 18.1 Å². The van der Waals surface area contributed by atoms with E-state index in [0.29, 0.717) is 19.6 Å². The predicted molar refractivity (Wildman–Crippen MR) is 84.2 cm³/mol. The molecule has 0 aromatic heterocycles. The fraction of sp³-hybridized carbons (Fsp3) is 0.278. The topological polar surface area (TPSA) is 29.5 Å². The Labute approximate surface area is 130 Å². The van der Waals surface area contributed by atoms with Gasteiger partial charge in [0.25, 0.3) is 0 Å². The number of nitrogens with zero attached hydrogens (tertiary/aromatic N) is 1. The number of hydrogen-bond acceptors (Lipinski definition) is 2. The van der Waals surface area contributed by atoms with Gasteiger partial charge in [0, 0.05) is 13.6 Å². The van der Waals surface area contributed by atoms with Gasteiger partial charge in [0.1, 0.15) is 11.6 Å². The van der Waals surface area contributed by atoms with Crippen LogP contribution in [0.25, 0.3) is 0 Å². The lowest BCUT2D eigenvalue weighted by Crippen LogP contribution is -2.27. The highest BCUT2D eigenvalue weighted by molar-refractivity contribution is 5.78. The fourth-order valence-electron chi connectivity index (χ4n) is 2.13. The molecule has 1 amide bonds. The minimum absolute atomic E-state index is 0.0217. The maximum atomic E-state index is 12.9. The molecular formula is C18H20FNO2. The average Bonchev–Trinajstić information content (AvgIpc) is 2.51. The van der Waals surface area contributed by atoms with Crippen molar-refractivity contribution in [1.82, 2.24) is 4.90 Å². The Hall–Kier alpha value is -2.36. The van der Waals surface area contributed by atoms with Crippen LogP contribution in [0.2, 0.25) is 0 Å². The van der Waals surface area contributed by atoms with E-state index in [-0.39, 0.29) is 11.7 Å². The lowest BCUT2D eigenvalue weighted by Gasteiger charge is -2.17. The highest BCUT2D eigenvalue weighted by Crippen LogP contribution is 2.13. The van der Waals surface area contributed by atoms with Crippen molar-refractivity contribution in [3.05, 3.63) is 65.5 Å². The summed E-state index contributed by atoms with van der Waals surface area (Å²) in [5.74, 6) is 0.555. The highest BCUT2D eigenvalue weighted by atomic mass is 19.1. The number of ether oxygens (including phenoxy) is 1. The predicted octanol–water partition coefficient (Wildman–Crippen LogP) is 3.43. The van der Waals surface area contributed by atoms with Gasteiger partial charge in [-0.3, -0.25) is 4.79 Å². The number of halogens is 1. The summed E-state index contributed by atoms with van der Waals surface area (Å²) in [6.07, 6.45) is 0.337. The van der Waals surface area contributed by atoms with Crippen molar-refractivity contribution in [2.75, 3.05) is 13.7 Å². The Kier molecular flexibility index (Phi) is 5.53. The third kappa shape index (κ3) is 4.58. The Morgan fingerprint density at radius 3 is 2.23 bits per heavy atom. The van der Waals surface area contributed by atoms with Gasteiger partial charge in [-0.25, -0.2) is 4.39 Å². The SMILES string of the molecule is CCOc1ccc(CC(=O)N(C)Cc2ccc(F)cc2)cc1. The van der Waals surface area contributed by atoms with Gasteiger partial charge in [-0.1, -0.05) is 24.3 Å². The van der Waals surface area contributed by atoms with Gasteiger partial charge in [-0.15, -0.1) is 0 Å². The van der Waals surface area contributed by atoms with E-state index in [2.05, 4.69) is 0 Å². The molecule has 0 aliphatic heterocycles. The molecule has 0 aliphatic carbocycles. The van der Waals surface area contributed by atoms with Gasteiger partial charge in [-0.05, 0) is 42.3 Å². The van der Waals surface area contributed by atoms with E-state index < -0.39 is 0 Å². The molecule has 2 aromatic carbocycles. The van der Waals surface area contributed by atoms with Crippen molar-refractivity contribution >= 4 is 5.91 Å². The van der Waals surface area contributed by atoms with Crippen molar-refractivity contribution in [2.45, 2.75) is 19.9 Å². The average molecular weight is 301 g/mol. The van der Waals surface area contributed by atoms with Crippen LogP contribution in [0.5, 0.6) is 5.75 Å². The van der Waals surface area contributed by atoms with Crippen molar-refractivity contribution in [3.8, 4) is 5.75 Å². The second-order valence-electron chi connectivity index (χ2n) is 5.13. The molecule has 0 saturated heterocycles. The molecule has 0 aliphatic rings. The first-order valence-corrected chi connectivity index (χ1v) is 7.28. The van der Waals surface area contributed by atoms with E-state index >= 15 is 0 Å². The zero-order valence-corrected chi connectivity index (χ0v) is 12.9. The van der Waals surface area contributed by atoms with Gasteiger partial charge in [0.2, 0.25) is 5.91 Å². The summed E-state index contributed by atoms with van der Waals surface area (Å²) in [6, 6.07) is 13.7. The first-order valence-electron chi connectivity index (χ1n) is 7.28. The fourth-order valence-corrected chi connectivity index (χ4v) is 2.13. The number of hydrogen-bond donors (Lipinski definition) is 0. The molecule has 0 heterocycles. The summed E-state index contributed by atoms with van der Waals surface area (Å²) in [7, 11) is 1.75. The molecule has 0 N–H and O–H groups in total. The number of amides is 1. The van der Waals surface area contributed by atoms with Gasteiger partial charge >= 0.3 is 0 Å². The Morgan fingerprint density at radius 1 is 1.05 bits per heavy atom. The van der Waals surface area contributed by atoms with E-state index in [1.54, 1.807) is 24.1 Å². The van der Waals surface area contributed by atoms with Gasteiger partial charge in [-0.2, -0.15) is 0 Å². The first kappa shape index (κ1) is 16.0. The quantitative estimate of drug-likeness (QED) is 0.818. The minimum atomic E-state index is -0.271. The normalized spacial score (nSPS) is 10.3. The van der Waals surface area contributed by atoms with Gasteiger partial charge in [0.05, 0.1) is 13.0 Å². The van der Waals surface area contributed by atoms with Crippen molar-refractivity contribution in [3.63, 3.8) is 0 Å². The van der Waals surface area contributed by atoms with E-state index in [0.717, 1.165) is 16.9 Å². The van der Waals surface area contributed by atoms with Crippen LogP contribution >= 0.6 is 0 Å². The van der Waals surface area contributed by atoms with Crippen LogP contribution in [0.15, 0.2) is 48.5 Å². The number of likely N-dealkylation sites (N-methyl/N-ethyl adjacent to an activating group) is 1. The number of rotatable bonds is 6. The summed E-state index contributed by atoms with van der Waals surface area (Å²) in [5.41, 5.74) is 1.85. The Balaban J connectivity index is 1.91. The second kappa shape index (κ2) is 7.59. The molecule has 4 heteroatoms. The van der Waals surface area contributed by atoms with E-state index in [1.165, 1.54) is 12.1 Å². The summed E-state index contributed by atoms with van der Waals surface area (Å²) in [5, 5.41) is 0. The number of carbonyl (C=O) groups excluding carboxylic acids is 1. The standard InChI is InChI=1S/C18H20FNO2/c1-3-22-17-10-6-14(7-11-17)12-18(21)20(2)13-15-4-8-16(19)9-5-15/h4-11H,3,12-13H2,1-2H3. The number of carbonyl (C=O) groups is 1. The van der Waals surface area contributed by atoms with Gasteiger partial charge < -0.3 is 9.64 Å². The molecule has 0 fully saturated rings. The molecule has 2 aromatic rings. The van der Waals surface area contributed by atoms with E-state index in [9.17, 15) is 9.18 Å². The third-order valence-corrected chi connectivity index (χ3v) is 3.35. The van der Waals surface area contributed by atoms with Crippen LogP contribution in [0.4, 0.5) is 4.39 Å². The van der Waals surface area contributed by atoms with Crippen LogP contribution in [-0.4, -0.2) is 24.5 Å². The van der Waals surface area contributed by atoms with Crippen LogP contribution < -0.4 is 4.74 Å².